The molecular formula is C22H22N4O5. The van der Waals surface area contributed by atoms with E-state index in [0.29, 0.717) is 23.1 Å². The molecule has 3 heterocycles. The molecule has 2 amide bonds. The van der Waals surface area contributed by atoms with Crippen molar-refractivity contribution in [3.8, 4) is 5.75 Å². The fraction of sp³-hybridized carbons (Fsp3) is 0.364. The summed E-state index contributed by atoms with van der Waals surface area (Å²) in [5.41, 5.74) is 0.734. The molecule has 3 aromatic rings. The number of H-pyrrole nitrogens is 1. The third kappa shape index (κ3) is 3.45. The van der Waals surface area contributed by atoms with Gasteiger partial charge in [-0.2, -0.15) is 5.10 Å². The number of aromatic amines is 1. The van der Waals surface area contributed by atoms with Crippen molar-refractivity contribution in [3.63, 3.8) is 0 Å². The molecule has 3 N–H and O–H groups in total. The van der Waals surface area contributed by atoms with Gasteiger partial charge < -0.3 is 19.7 Å². The van der Waals surface area contributed by atoms with E-state index in [2.05, 4.69) is 15.5 Å². The van der Waals surface area contributed by atoms with Crippen molar-refractivity contribution in [1.29, 1.82) is 0 Å². The monoisotopic (exact) mass is 422 g/mol. The van der Waals surface area contributed by atoms with Crippen LogP contribution in [0.15, 0.2) is 45.9 Å². The van der Waals surface area contributed by atoms with Crippen molar-refractivity contribution in [2.75, 3.05) is 13.1 Å². The van der Waals surface area contributed by atoms with Gasteiger partial charge in [-0.25, -0.2) is 5.10 Å². The molecule has 1 aliphatic carbocycles. The first-order chi connectivity index (χ1) is 14.9. The lowest BCUT2D eigenvalue weighted by molar-refractivity contribution is 0.0687. The van der Waals surface area contributed by atoms with Crippen molar-refractivity contribution < 1.29 is 19.1 Å². The number of carbonyl (C=O) groups excluding carboxylic acids is 2. The van der Waals surface area contributed by atoms with E-state index in [1.54, 1.807) is 6.07 Å². The smallest absolute Gasteiger partial charge is 0.264 e. The number of phenols is 1. The van der Waals surface area contributed by atoms with Crippen LogP contribution in [0.2, 0.25) is 0 Å². The second-order valence-electron chi connectivity index (χ2n) is 8.52. The number of amides is 2. The molecule has 2 fully saturated rings. The molecule has 0 bridgehead atoms. The Labute approximate surface area is 177 Å². The third-order valence-corrected chi connectivity index (χ3v) is 6.51. The first-order valence-corrected chi connectivity index (χ1v) is 10.3. The molecule has 9 heteroatoms. The minimum atomic E-state index is -0.448. The number of aromatic hydroxyl groups is 1. The van der Waals surface area contributed by atoms with Crippen LogP contribution in [0.1, 0.15) is 46.4 Å². The summed E-state index contributed by atoms with van der Waals surface area (Å²) in [6.45, 7) is 0.930. The van der Waals surface area contributed by atoms with Crippen molar-refractivity contribution in [1.82, 2.24) is 20.4 Å². The Balaban J connectivity index is 1.37. The van der Waals surface area contributed by atoms with Crippen molar-refractivity contribution in [2.45, 2.75) is 31.7 Å². The number of fused-ring (bicyclic) bond motifs is 1. The van der Waals surface area contributed by atoms with E-state index < -0.39 is 11.5 Å². The fourth-order valence-corrected chi connectivity index (χ4v) is 4.77. The number of nitrogens with zero attached hydrogens (tertiary/aromatic N) is 2. The number of furan rings is 1. The summed E-state index contributed by atoms with van der Waals surface area (Å²) >= 11 is 0. The number of rotatable bonds is 4. The molecule has 31 heavy (non-hydrogen) atoms. The van der Waals surface area contributed by atoms with E-state index in [4.69, 9.17) is 4.42 Å². The molecular weight excluding hydrogens is 400 g/mol. The number of hydrogen-bond donors (Lipinski definition) is 3. The number of aromatic nitrogens is 2. The van der Waals surface area contributed by atoms with E-state index in [0.717, 1.165) is 25.7 Å². The van der Waals surface area contributed by atoms with Gasteiger partial charge in [-0.15, -0.1) is 0 Å². The van der Waals surface area contributed by atoms with Crippen molar-refractivity contribution >= 4 is 22.8 Å². The molecule has 1 saturated carbocycles. The predicted molar refractivity (Wildman–Crippen MR) is 111 cm³/mol. The van der Waals surface area contributed by atoms with Crippen molar-refractivity contribution in [2.24, 2.45) is 5.41 Å². The number of hydrogen-bond acceptors (Lipinski definition) is 6. The van der Waals surface area contributed by atoms with Gasteiger partial charge in [0.15, 0.2) is 0 Å². The Hall–Kier alpha value is -3.62. The van der Waals surface area contributed by atoms with Crippen LogP contribution in [-0.4, -0.2) is 51.1 Å². The molecule has 1 aromatic carbocycles. The summed E-state index contributed by atoms with van der Waals surface area (Å²) in [6.07, 6.45) is 6.83. The van der Waals surface area contributed by atoms with Crippen LogP contribution in [0, 0.1) is 5.41 Å². The number of benzene rings is 1. The molecule has 9 nitrogen and oxygen atoms in total. The number of nitrogens with one attached hydrogen (secondary N) is 2. The first-order valence-electron chi connectivity index (χ1n) is 10.3. The molecule has 2 aromatic heterocycles. The Bertz CT molecular complexity index is 1230. The van der Waals surface area contributed by atoms with Gasteiger partial charge in [-0.3, -0.25) is 14.4 Å². The minimum Gasteiger partial charge on any atom is -0.508 e. The largest absolute Gasteiger partial charge is 0.508 e. The van der Waals surface area contributed by atoms with Gasteiger partial charge in [-0.1, -0.05) is 6.42 Å². The zero-order valence-corrected chi connectivity index (χ0v) is 16.8. The maximum atomic E-state index is 13.4. The number of carbonyl (C=O) groups is 2. The zero-order valence-electron chi connectivity index (χ0n) is 16.8. The van der Waals surface area contributed by atoms with Crippen LogP contribution in [0.25, 0.3) is 11.0 Å². The average molecular weight is 422 g/mol. The second-order valence-corrected chi connectivity index (χ2v) is 8.52. The van der Waals surface area contributed by atoms with Crippen LogP contribution in [0.5, 0.6) is 5.75 Å². The Kier molecular flexibility index (Phi) is 4.53. The SMILES string of the molecule is O=C(NCC1CC2(CCC2)CN1C(=O)c1coc2cc(O)ccc12)c1cn[nH]c(=O)c1. The third-order valence-electron chi connectivity index (χ3n) is 6.51. The zero-order chi connectivity index (χ0) is 21.6. The lowest BCUT2D eigenvalue weighted by Gasteiger charge is -2.37. The van der Waals surface area contributed by atoms with Gasteiger partial charge >= 0.3 is 0 Å². The Morgan fingerprint density at radius 3 is 2.90 bits per heavy atom. The van der Waals surface area contributed by atoms with E-state index in [1.165, 1.54) is 30.7 Å². The fourth-order valence-electron chi connectivity index (χ4n) is 4.77. The van der Waals surface area contributed by atoms with Crippen LogP contribution >= 0.6 is 0 Å². The maximum Gasteiger partial charge on any atom is 0.264 e. The van der Waals surface area contributed by atoms with Gasteiger partial charge in [-0.05, 0) is 36.8 Å². The summed E-state index contributed by atoms with van der Waals surface area (Å²) in [5.74, 6) is -0.472. The predicted octanol–water partition coefficient (Wildman–Crippen LogP) is 2.04. The molecule has 1 unspecified atom stereocenters. The maximum absolute atomic E-state index is 13.4. The summed E-state index contributed by atoms with van der Waals surface area (Å²) in [5, 5.41) is 19.0. The normalized spacial score (nSPS) is 19.5. The van der Waals surface area contributed by atoms with Gasteiger partial charge in [0.2, 0.25) is 0 Å². The molecule has 1 saturated heterocycles. The Morgan fingerprint density at radius 2 is 2.16 bits per heavy atom. The molecule has 0 radical (unpaired) electrons. The molecule has 2 aliphatic rings. The molecule has 160 valence electrons. The molecule has 1 aliphatic heterocycles. The van der Waals surface area contributed by atoms with E-state index in [-0.39, 0.29) is 35.2 Å². The van der Waals surface area contributed by atoms with Crippen molar-refractivity contribution in [3.05, 3.63) is 58.2 Å². The lowest BCUT2D eigenvalue weighted by atomic mass is 9.67. The number of likely N-dealkylation sites (tertiary alicyclic amines) is 1. The summed E-state index contributed by atoms with van der Waals surface area (Å²) < 4.78 is 5.49. The van der Waals surface area contributed by atoms with Gasteiger partial charge in [0.1, 0.15) is 17.6 Å². The standard InChI is InChI=1S/C22H22N4O5/c27-15-2-3-16-17(11-31-18(16)7-15)21(30)26-12-22(4-1-5-22)8-14(26)10-23-20(29)13-6-19(28)25-24-9-13/h2-3,6-7,9,11,14,27H,1,4-5,8,10,12H2,(H,23,29)(H,25,28). The summed E-state index contributed by atoms with van der Waals surface area (Å²) in [7, 11) is 0. The summed E-state index contributed by atoms with van der Waals surface area (Å²) in [4.78, 5) is 39.1. The first kappa shape index (κ1) is 19.3. The number of phenolic OH excluding ortho intramolecular Hbond substituents is 1. The quantitative estimate of drug-likeness (QED) is 0.590. The van der Waals surface area contributed by atoms with E-state index in [1.807, 2.05) is 4.90 Å². The van der Waals surface area contributed by atoms with Crippen LogP contribution in [-0.2, 0) is 0 Å². The average Bonchev–Trinajstić information content (AvgIpc) is 3.33. The van der Waals surface area contributed by atoms with Crippen LogP contribution in [0.4, 0.5) is 0 Å². The topological polar surface area (TPSA) is 129 Å². The highest BCUT2D eigenvalue weighted by Crippen LogP contribution is 2.50. The molecule has 1 spiro atoms. The van der Waals surface area contributed by atoms with Gasteiger partial charge in [0, 0.05) is 36.7 Å². The van der Waals surface area contributed by atoms with E-state index in [9.17, 15) is 19.5 Å². The van der Waals surface area contributed by atoms with Gasteiger partial charge in [0.05, 0.1) is 17.3 Å². The lowest BCUT2D eigenvalue weighted by Crippen LogP contribution is -2.43. The molecule has 5 rings (SSSR count). The van der Waals surface area contributed by atoms with Crippen LogP contribution in [0.3, 0.4) is 0 Å². The second kappa shape index (κ2) is 7.26. The highest BCUT2D eigenvalue weighted by molar-refractivity contribution is 6.06. The van der Waals surface area contributed by atoms with Gasteiger partial charge in [0.25, 0.3) is 17.4 Å². The highest BCUT2D eigenvalue weighted by Gasteiger charge is 2.49. The van der Waals surface area contributed by atoms with Crippen LogP contribution < -0.4 is 10.9 Å². The summed E-state index contributed by atoms with van der Waals surface area (Å²) in [6, 6.07) is 5.72. The minimum absolute atomic E-state index is 0.0743. The highest BCUT2D eigenvalue weighted by atomic mass is 16.3. The molecule has 1 atom stereocenters. The Morgan fingerprint density at radius 1 is 1.32 bits per heavy atom. The van der Waals surface area contributed by atoms with E-state index >= 15 is 0 Å².